The zero-order chi connectivity index (χ0) is 59.2. The maximum absolute atomic E-state index is 13.0. The van der Waals surface area contributed by atoms with Crippen LogP contribution in [0, 0.1) is 0 Å². The van der Waals surface area contributed by atoms with Crippen LogP contribution in [-0.4, -0.2) is 37.2 Å². The Labute approximate surface area is 513 Å². The summed E-state index contributed by atoms with van der Waals surface area (Å²) in [4.78, 5) is 38.5. The summed E-state index contributed by atoms with van der Waals surface area (Å²) in [5.74, 6) is -0.834. The van der Waals surface area contributed by atoms with Crippen molar-refractivity contribution in [2.75, 3.05) is 13.2 Å². The lowest BCUT2D eigenvalue weighted by Crippen LogP contribution is -2.30. The highest BCUT2D eigenvalue weighted by atomic mass is 16.6. The van der Waals surface area contributed by atoms with Gasteiger partial charge in [0.15, 0.2) is 6.10 Å². The summed E-state index contributed by atoms with van der Waals surface area (Å²) in [5, 5.41) is 0. The quantitative estimate of drug-likeness (QED) is 0.0261. The number of carbonyl (C=O) groups excluding carboxylic acids is 3. The zero-order valence-corrected chi connectivity index (χ0v) is 56.1. The third-order valence-electron chi connectivity index (χ3n) is 17.5. The molecule has 6 nitrogen and oxygen atoms in total. The van der Waals surface area contributed by atoms with E-state index in [9.17, 15) is 14.4 Å². The van der Waals surface area contributed by atoms with Crippen LogP contribution < -0.4 is 0 Å². The molecular weight excluding hydrogens is 1010 g/mol. The average Bonchev–Trinajstić information content (AvgIpc) is 3.47. The first-order valence-corrected chi connectivity index (χ1v) is 37.7. The SMILES string of the molecule is CCCCCCCCC/C=C\CCCCCCCC(=O)OCC(COC(=O)CCCCCCCCCCCCCCCCCCCCCCCCCCCCC)OC(=O)CCCCCCCCCCCCCCCCCCCCCCC. The van der Waals surface area contributed by atoms with Crippen LogP contribution in [0.25, 0.3) is 0 Å². The minimum Gasteiger partial charge on any atom is -0.462 e. The van der Waals surface area contributed by atoms with Crippen LogP contribution in [0.2, 0.25) is 0 Å². The van der Waals surface area contributed by atoms with Crippen molar-refractivity contribution in [1.82, 2.24) is 0 Å². The number of carbonyl (C=O) groups is 3. The lowest BCUT2D eigenvalue weighted by molar-refractivity contribution is -0.167. The Hall–Kier alpha value is -1.85. The fourth-order valence-corrected chi connectivity index (χ4v) is 11.9. The van der Waals surface area contributed by atoms with Gasteiger partial charge in [0.2, 0.25) is 0 Å². The average molecular weight is 1160 g/mol. The number of hydrogen-bond acceptors (Lipinski definition) is 6. The smallest absolute Gasteiger partial charge is 0.306 e. The molecule has 0 aromatic heterocycles. The van der Waals surface area contributed by atoms with Crippen LogP contribution in [0.15, 0.2) is 12.2 Å². The van der Waals surface area contributed by atoms with Gasteiger partial charge in [0, 0.05) is 19.3 Å². The molecule has 6 heteroatoms. The van der Waals surface area contributed by atoms with Gasteiger partial charge in [0.1, 0.15) is 13.2 Å². The van der Waals surface area contributed by atoms with Gasteiger partial charge in [-0.05, 0) is 44.9 Å². The van der Waals surface area contributed by atoms with E-state index in [0.29, 0.717) is 19.3 Å². The topological polar surface area (TPSA) is 78.9 Å². The van der Waals surface area contributed by atoms with Crippen molar-refractivity contribution in [2.24, 2.45) is 0 Å². The van der Waals surface area contributed by atoms with E-state index in [1.54, 1.807) is 0 Å². The van der Waals surface area contributed by atoms with E-state index >= 15 is 0 Å². The predicted octanol–water partition coefficient (Wildman–Crippen LogP) is 26.0. The molecule has 0 aliphatic rings. The van der Waals surface area contributed by atoms with Crippen molar-refractivity contribution in [3.8, 4) is 0 Å². The van der Waals surface area contributed by atoms with Gasteiger partial charge in [-0.2, -0.15) is 0 Å². The summed E-state index contributed by atoms with van der Waals surface area (Å²) in [6.07, 6.45) is 86.9. The molecule has 0 saturated carbocycles. The predicted molar refractivity (Wildman–Crippen MR) is 358 cm³/mol. The van der Waals surface area contributed by atoms with Crippen LogP contribution in [-0.2, 0) is 28.6 Å². The van der Waals surface area contributed by atoms with E-state index in [-0.39, 0.29) is 31.1 Å². The lowest BCUT2D eigenvalue weighted by atomic mass is 10.0. The minimum absolute atomic E-state index is 0.0653. The van der Waals surface area contributed by atoms with Gasteiger partial charge in [-0.15, -0.1) is 0 Å². The summed E-state index contributed by atoms with van der Waals surface area (Å²) in [5.41, 5.74) is 0. The summed E-state index contributed by atoms with van der Waals surface area (Å²) in [6.45, 7) is 6.74. The largest absolute Gasteiger partial charge is 0.462 e. The lowest BCUT2D eigenvalue weighted by Gasteiger charge is -2.18. The standard InChI is InChI=1S/C76H146O6/c1-4-7-10-13-16-19-22-25-28-31-33-35-36-37-38-39-40-42-43-45-48-51-54-57-60-63-66-69-75(78)81-72-73(71-80-74(77)68-65-62-59-56-53-50-47-30-27-24-21-18-15-12-9-6-3)82-76(79)70-67-64-61-58-55-52-49-46-44-41-34-32-29-26-23-20-17-14-11-8-5-2/h30,47,73H,4-29,31-46,48-72H2,1-3H3/b47-30-. The molecule has 0 bridgehead atoms. The van der Waals surface area contributed by atoms with Crippen molar-refractivity contribution in [2.45, 2.75) is 444 Å². The van der Waals surface area contributed by atoms with Crippen LogP contribution >= 0.6 is 0 Å². The molecule has 0 aromatic rings. The molecular formula is C76H146O6. The number of hydrogen-bond donors (Lipinski definition) is 0. The Morgan fingerprint density at radius 1 is 0.232 bits per heavy atom. The monoisotopic (exact) mass is 1160 g/mol. The van der Waals surface area contributed by atoms with Crippen LogP contribution in [0.1, 0.15) is 438 Å². The van der Waals surface area contributed by atoms with Gasteiger partial charge in [-0.3, -0.25) is 14.4 Å². The van der Waals surface area contributed by atoms with E-state index in [2.05, 4.69) is 32.9 Å². The first-order chi connectivity index (χ1) is 40.5. The molecule has 1 unspecified atom stereocenters. The Morgan fingerprint density at radius 3 is 0.610 bits per heavy atom. The van der Waals surface area contributed by atoms with Crippen LogP contribution in [0.4, 0.5) is 0 Å². The van der Waals surface area contributed by atoms with Crippen molar-refractivity contribution >= 4 is 17.9 Å². The van der Waals surface area contributed by atoms with Crippen molar-refractivity contribution in [1.29, 1.82) is 0 Å². The number of unbranched alkanes of at least 4 members (excludes halogenated alkanes) is 58. The first kappa shape index (κ1) is 80.2. The van der Waals surface area contributed by atoms with E-state index < -0.39 is 6.10 Å². The molecule has 0 aliphatic carbocycles. The van der Waals surface area contributed by atoms with E-state index in [1.165, 1.54) is 334 Å². The molecule has 0 radical (unpaired) electrons. The highest BCUT2D eigenvalue weighted by Crippen LogP contribution is 2.20. The van der Waals surface area contributed by atoms with Crippen LogP contribution in [0.5, 0.6) is 0 Å². The molecule has 0 fully saturated rings. The molecule has 0 spiro atoms. The summed E-state index contributed by atoms with van der Waals surface area (Å²) < 4.78 is 17.0. The molecule has 0 aromatic carbocycles. The number of allylic oxidation sites excluding steroid dienone is 2. The normalized spacial score (nSPS) is 12.0. The number of esters is 3. The minimum atomic E-state index is -0.770. The van der Waals surface area contributed by atoms with Crippen molar-refractivity contribution in [3.05, 3.63) is 12.2 Å². The summed E-state index contributed by atoms with van der Waals surface area (Å²) >= 11 is 0. The second-order valence-corrected chi connectivity index (χ2v) is 25.9. The Bertz CT molecular complexity index is 1280. The van der Waals surface area contributed by atoms with Gasteiger partial charge < -0.3 is 14.2 Å². The first-order valence-electron chi connectivity index (χ1n) is 37.7. The Balaban J connectivity index is 4.22. The fraction of sp³-hybridized carbons (Fsp3) is 0.934. The molecule has 0 N–H and O–H groups in total. The maximum Gasteiger partial charge on any atom is 0.306 e. The molecule has 1 atom stereocenters. The van der Waals surface area contributed by atoms with Gasteiger partial charge in [-0.25, -0.2) is 0 Å². The molecule has 0 heterocycles. The highest BCUT2D eigenvalue weighted by Gasteiger charge is 2.20. The zero-order valence-electron chi connectivity index (χ0n) is 56.1. The van der Waals surface area contributed by atoms with Crippen LogP contribution in [0.3, 0.4) is 0 Å². The van der Waals surface area contributed by atoms with Gasteiger partial charge >= 0.3 is 17.9 Å². The van der Waals surface area contributed by atoms with Crippen molar-refractivity contribution < 1.29 is 28.6 Å². The molecule has 82 heavy (non-hydrogen) atoms. The van der Waals surface area contributed by atoms with E-state index in [1.807, 2.05) is 0 Å². The summed E-state index contributed by atoms with van der Waals surface area (Å²) in [6, 6.07) is 0. The van der Waals surface area contributed by atoms with E-state index in [0.717, 1.165) is 64.2 Å². The maximum atomic E-state index is 13.0. The van der Waals surface area contributed by atoms with Crippen molar-refractivity contribution in [3.63, 3.8) is 0 Å². The second kappa shape index (κ2) is 71.6. The molecule has 0 rings (SSSR count). The third-order valence-corrected chi connectivity index (χ3v) is 17.5. The molecule has 0 amide bonds. The molecule has 0 saturated heterocycles. The number of rotatable bonds is 71. The van der Waals surface area contributed by atoms with Gasteiger partial charge in [0.05, 0.1) is 0 Å². The molecule has 486 valence electrons. The highest BCUT2D eigenvalue weighted by molar-refractivity contribution is 5.71. The number of ether oxygens (including phenoxy) is 3. The summed E-state index contributed by atoms with van der Waals surface area (Å²) in [7, 11) is 0. The second-order valence-electron chi connectivity index (χ2n) is 25.9. The Morgan fingerprint density at radius 2 is 0.402 bits per heavy atom. The fourth-order valence-electron chi connectivity index (χ4n) is 11.9. The van der Waals surface area contributed by atoms with Gasteiger partial charge in [0.25, 0.3) is 0 Å². The Kier molecular flexibility index (Phi) is 70.0. The van der Waals surface area contributed by atoms with E-state index in [4.69, 9.17) is 14.2 Å². The third kappa shape index (κ3) is 68.9. The molecule has 0 aliphatic heterocycles. The van der Waals surface area contributed by atoms with Gasteiger partial charge in [-0.1, -0.05) is 386 Å².